The van der Waals surface area contributed by atoms with Crippen LogP contribution in [0, 0.1) is 5.92 Å². The van der Waals surface area contributed by atoms with Gasteiger partial charge < -0.3 is 14.3 Å². The SMILES string of the molecule is COC1(OC)[C@@]2(Br)C[C@H](C=O)[C@]1(Br)C(Br)=C2Br. The molecule has 0 unspecified atom stereocenters. The lowest BCUT2D eigenvalue weighted by Gasteiger charge is -2.41. The van der Waals surface area contributed by atoms with E-state index in [0.29, 0.717) is 6.42 Å². The van der Waals surface area contributed by atoms with Gasteiger partial charge in [0.1, 0.15) is 14.9 Å². The summed E-state index contributed by atoms with van der Waals surface area (Å²) in [6.45, 7) is 0. The van der Waals surface area contributed by atoms with Crippen molar-refractivity contribution < 1.29 is 14.3 Å². The van der Waals surface area contributed by atoms with Crippen LogP contribution in [0.15, 0.2) is 8.96 Å². The number of aldehydes is 1. The minimum atomic E-state index is -0.969. The first-order valence-electron chi connectivity index (χ1n) is 4.85. The molecule has 0 amide bonds. The van der Waals surface area contributed by atoms with Gasteiger partial charge in [-0.15, -0.1) is 0 Å². The zero-order valence-corrected chi connectivity index (χ0v) is 15.4. The molecular weight excluding hydrogens is 488 g/mol. The Morgan fingerprint density at radius 1 is 1.24 bits per heavy atom. The molecule has 0 N–H and O–H groups in total. The number of methoxy groups -OCH3 is 2. The number of halogens is 4. The largest absolute Gasteiger partial charge is 0.350 e. The number of alkyl halides is 2. The van der Waals surface area contributed by atoms with Crippen molar-refractivity contribution in [2.24, 2.45) is 5.92 Å². The van der Waals surface area contributed by atoms with Gasteiger partial charge in [0.05, 0.1) is 0 Å². The maximum Gasteiger partial charge on any atom is 0.209 e. The fourth-order valence-electron chi connectivity index (χ4n) is 2.83. The maximum absolute atomic E-state index is 11.3. The van der Waals surface area contributed by atoms with Crippen LogP contribution in [0.5, 0.6) is 0 Å². The highest BCUT2D eigenvalue weighted by Gasteiger charge is 2.79. The summed E-state index contributed by atoms with van der Waals surface area (Å²) in [5.41, 5.74) is 0. The smallest absolute Gasteiger partial charge is 0.209 e. The number of fused-ring (bicyclic) bond motifs is 2. The molecule has 2 aliphatic carbocycles. The van der Waals surface area contributed by atoms with E-state index in [9.17, 15) is 4.79 Å². The van der Waals surface area contributed by atoms with Crippen molar-refractivity contribution in [2.75, 3.05) is 14.2 Å². The monoisotopic (exact) mass is 494 g/mol. The van der Waals surface area contributed by atoms with E-state index in [4.69, 9.17) is 9.47 Å². The predicted octanol–water partition coefficient (Wildman–Crippen LogP) is 3.48. The Bertz CT molecular complexity index is 406. The Kier molecular flexibility index (Phi) is 3.78. The van der Waals surface area contributed by atoms with Crippen LogP contribution in [0.25, 0.3) is 0 Å². The van der Waals surface area contributed by atoms with Crippen molar-refractivity contribution in [2.45, 2.75) is 20.9 Å². The molecule has 0 aliphatic heterocycles. The molecular formula is C10H10Br4O3. The van der Waals surface area contributed by atoms with Crippen LogP contribution in [0.3, 0.4) is 0 Å². The van der Waals surface area contributed by atoms with E-state index in [1.165, 1.54) is 0 Å². The second-order valence-corrected chi connectivity index (χ2v) is 8.30. The topological polar surface area (TPSA) is 35.5 Å². The van der Waals surface area contributed by atoms with Crippen molar-refractivity contribution in [1.82, 2.24) is 0 Å². The molecule has 1 fully saturated rings. The lowest BCUT2D eigenvalue weighted by Crippen LogP contribution is -2.56. The highest BCUT2D eigenvalue weighted by molar-refractivity contribution is 9.16. The molecule has 0 radical (unpaired) electrons. The van der Waals surface area contributed by atoms with Gasteiger partial charge in [0, 0.05) is 29.1 Å². The number of carbonyl (C=O) groups is 1. The summed E-state index contributed by atoms with van der Waals surface area (Å²) in [7, 11) is 3.16. The highest BCUT2D eigenvalue weighted by Crippen LogP contribution is 2.73. The molecule has 0 heterocycles. The van der Waals surface area contributed by atoms with Gasteiger partial charge in [0.2, 0.25) is 5.79 Å². The standard InChI is InChI=1S/C10H10Br4O3/c1-16-10(17-2)8(13)3-5(4-15)9(10,14)7(12)6(8)11/h4-5H,3H2,1-2H3/t5-,8-,9+/m1/s1. The Labute approximate surface area is 133 Å². The molecule has 2 aliphatic rings. The van der Waals surface area contributed by atoms with Crippen molar-refractivity contribution in [3.8, 4) is 0 Å². The molecule has 0 aromatic heterocycles. The first kappa shape index (κ1) is 14.7. The maximum atomic E-state index is 11.3. The van der Waals surface area contributed by atoms with Crippen LogP contribution in [0.4, 0.5) is 0 Å². The normalized spacial score (nSPS) is 43.3. The molecule has 17 heavy (non-hydrogen) atoms. The van der Waals surface area contributed by atoms with E-state index in [0.717, 1.165) is 15.3 Å². The van der Waals surface area contributed by atoms with Crippen LogP contribution >= 0.6 is 63.7 Å². The summed E-state index contributed by atoms with van der Waals surface area (Å²) in [4.78, 5) is 11.3. The molecule has 2 rings (SSSR count). The lowest BCUT2D eigenvalue weighted by molar-refractivity contribution is -0.212. The average Bonchev–Trinajstić information content (AvgIpc) is 2.60. The van der Waals surface area contributed by atoms with Crippen LogP contribution in [0.2, 0.25) is 0 Å². The third-order valence-electron chi connectivity index (χ3n) is 3.61. The average molecular weight is 498 g/mol. The Hall–Kier alpha value is 1.25. The summed E-state index contributed by atoms with van der Waals surface area (Å²) < 4.78 is 11.7. The molecule has 0 aromatic carbocycles. The minimum Gasteiger partial charge on any atom is -0.350 e. The van der Waals surface area contributed by atoms with E-state index in [-0.39, 0.29) is 5.92 Å². The molecule has 96 valence electrons. The minimum absolute atomic E-state index is 0.238. The summed E-state index contributed by atoms with van der Waals surface area (Å²) in [5.74, 6) is -1.21. The Morgan fingerprint density at radius 2 is 1.76 bits per heavy atom. The Morgan fingerprint density at radius 3 is 2.12 bits per heavy atom. The molecule has 0 saturated heterocycles. The molecule has 2 bridgehead atoms. The molecule has 3 atom stereocenters. The van der Waals surface area contributed by atoms with E-state index in [2.05, 4.69) is 63.7 Å². The van der Waals surface area contributed by atoms with Crippen molar-refractivity contribution in [1.29, 1.82) is 0 Å². The van der Waals surface area contributed by atoms with E-state index in [1.54, 1.807) is 14.2 Å². The first-order valence-corrected chi connectivity index (χ1v) is 8.02. The number of hydrogen-bond acceptors (Lipinski definition) is 3. The van der Waals surface area contributed by atoms with Crippen molar-refractivity contribution >= 4 is 70.0 Å². The second-order valence-electron chi connectivity index (χ2n) is 4.11. The van der Waals surface area contributed by atoms with Crippen LogP contribution in [0.1, 0.15) is 6.42 Å². The summed E-state index contributed by atoms with van der Waals surface area (Å²) in [5, 5.41) is 0. The third-order valence-corrected chi connectivity index (χ3v) is 10.1. The highest BCUT2D eigenvalue weighted by atomic mass is 79.9. The number of carbonyl (C=O) groups excluding carboxylic acids is 1. The number of ether oxygens (including phenoxy) is 2. The van der Waals surface area contributed by atoms with Gasteiger partial charge in [-0.25, -0.2) is 0 Å². The zero-order chi connectivity index (χ0) is 13.1. The lowest BCUT2D eigenvalue weighted by atomic mass is 9.94. The van der Waals surface area contributed by atoms with Crippen molar-refractivity contribution in [3.63, 3.8) is 0 Å². The second kappa shape index (κ2) is 4.38. The third kappa shape index (κ3) is 1.36. The summed E-state index contributed by atoms with van der Waals surface area (Å²) in [6.07, 6.45) is 1.53. The first-order chi connectivity index (χ1) is 7.85. The quantitative estimate of drug-likeness (QED) is 0.340. The molecule has 0 aromatic rings. The fraction of sp³-hybridized carbons (Fsp3) is 0.700. The fourth-order valence-corrected chi connectivity index (χ4v) is 7.57. The number of rotatable bonds is 3. The van der Waals surface area contributed by atoms with Gasteiger partial charge in [0.25, 0.3) is 0 Å². The van der Waals surface area contributed by atoms with E-state index in [1.807, 2.05) is 0 Å². The van der Waals surface area contributed by atoms with Gasteiger partial charge in [0.15, 0.2) is 0 Å². The Balaban J connectivity index is 2.72. The van der Waals surface area contributed by atoms with E-state index >= 15 is 0 Å². The predicted molar refractivity (Wildman–Crippen MR) is 79.1 cm³/mol. The molecule has 1 saturated carbocycles. The van der Waals surface area contributed by atoms with Gasteiger partial charge in [-0.1, -0.05) is 63.7 Å². The van der Waals surface area contributed by atoms with E-state index < -0.39 is 14.4 Å². The van der Waals surface area contributed by atoms with Crippen LogP contribution in [-0.2, 0) is 14.3 Å². The molecule has 3 nitrogen and oxygen atoms in total. The zero-order valence-electron chi connectivity index (χ0n) is 9.10. The van der Waals surface area contributed by atoms with Crippen LogP contribution < -0.4 is 0 Å². The van der Waals surface area contributed by atoms with Crippen molar-refractivity contribution in [3.05, 3.63) is 8.96 Å². The van der Waals surface area contributed by atoms with Gasteiger partial charge in [-0.2, -0.15) is 0 Å². The van der Waals surface area contributed by atoms with Gasteiger partial charge in [-0.3, -0.25) is 0 Å². The van der Waals surface area contributed by atoms with Crippen LogP contribution in [-0.4, -0.2) is 34.9 Å². The molecule has 0 spiro atoms. The molecule has 7 heteroatoms. The summed E-state index contributed by atoms with van der Waals surface area (Å²) in [6, 6.07) is 0. The number of hydrogen-bond donors (Lipinski definition) is 0. The summed E-state index contributed by atoms with van der Waals surface area (Å²) >= 11 is 14.4. The van der Waals surface area contributed by atoms with Gasteiger partial charge >= 0.3 is 0 Å². The van der Waals surface area contributed by atoms with Gasteiger partial charge in [-0.05, 0) is 6.42 Å².